The molecular formula is C12H9N5O. The Labute approximate surface area is 103 Å². The number of nitrogens with zero attached hydrogens (tertiary/aromatic N) is 4. The van der Waals surface area contributed by atoms with E-state index < -0.39 is 0 Å². The molecule has 6 nitrogen and oxygen atoms in total. The molecule has 0 radical (unpaired) electrons. The number of aromatic nitrogens is 3. The van der Waals surface area contributed by atoms with Gasteiger partial charge >= 0.3 is 6.03 Å². The molecule has 2 aromatic heterocycles. The molecule has 0 unspecified atom stereocenters. The number of rotatable bonds is 1. The third kappa shape index (κ3) is 1.69. The second kappa shape index (κ2) is 3.92. The summed E-state index contributed by atoms with van der Waals surface area (Å²) in [5.41, 5.74) is 1.74. The molecule has 18 heavy (non-hydrogen) atoms. The Balaban J connectivity index is 2.07. The monoisotopic (exact) mass is 239 g/mol. The van der Waals surface area contributed by atoms with Crippen molar-refractivity contribution in [3.8, 4) is 0 Å². The van der Waals surface area contributed by atoms with Gasteiger partial charge in [0, 0.05) is 18.1 Å². The van der Waals surface area contributed by atoms with Gasteiger partial charge in [-0.2, -0.15) is 0 Å². The number of hydrogen-bond donors (Lipinski definition) is 1. The zero-order valence-corrected chi connectivity index (χ0v) is 9.37. The van der Waals surface area contributed by atoms with Crippen LogP contribution in [-0.2, 0) is 0 Å². The number of hydrogen-bond acceptors (Lipinski definition) is 4. The van der Waals surface area contributed by atoms with E-state index in [4.69, 9.17) is 0 Å². The average molecular weight is 239 g/mol. The van der Waals surface area contributed by atoms with Gasteiger partial charge in [-0.25, -0.2) is 19.7 Å². The van der Waals surface area contributed by atoms with Crippen LogP contribution in [0.1, 0.15) is 0 Å². The van der Waals surface area contributed by atoms with Crippen LogP contribution in [0.4, 0.5) is 10.6 Å². The van der Waals surface area contributed by atoms with Gasteiger partial charge in [-0.05, 0) is 18.2 Å². The van der Waals surface area contributed by atoms with Crippen molar-refractivity contribution in [1.29, 1.82) is 0 Å². The second-order valence-electron chi connectivity index (χ2n) is 3.72. The summed E-state index contributed by atoms with van der Waals surface area (Å²) in [6.07, 6.45) is 6.45. The highest BCUT2D eigenvalue weighted by Crippen LogP contribution is 2.16. The second-order valence-corrected chi connectivity index (χ2v) is 3.72. The van der Waals surface area contributed by atoms with Crippen LogP contribution in [0, 0.1) is 0 Å². The van der Waals surface area contributed by atoms with Gasteiger partial charge in [0.15, 0.2) is 11.5 Å². The summed E-state index contributed by atoms with van der Waals surface area (Å²) in [6.45, 7) is 3.65. The average Bonchev–Trinajstić information content (AvgIpc) is 2.38. The van der Waals surface area contributed by atoms with E-state index in [1.54, 1.807) is 30.6 Å². The maximum absolute atomic E-state index is 11.8. The molecule has 3 rings (SSSR count). The Bertz CT molecular complexity index is 679. The quantitative estimate of drug-likeness (QED) is 0.820. The van der Waals surface area contributed by atoms with Crippen molar-refractivity contribution in [2.45, 2.75) is 0 Å². The first-order valence-corrected chi connectivity index (χ1v) is 5.29. The molecule has 0 aliphatic carbocycles. The molecule has 0 atom stereocenters. The molecule has 88 valence electrons. The van der Waals surface area contributed by atoms with E-state index in [0.717, 1.165) is 0 Å². The summed E-state index contributed by atoms with van der Waals surface area (Å²) in [4.78, 5) is 25.7. The molecule has 2 aromatic rings. The van der Waals surface area contributed by atoms with Crippen LogP contribution in [0.5, 0.6) is 0 Å². The first-order valence-electron chi connectivity index (χ1n) is 5.29. The number of anilines is 1. The summed E-state index contributed by atoms with van der Waals surface area (Å²) in [7, 11) is 0. The summed E-state index contributed by atoms with van der Waals surface area (Å²) >= 11 is 0. The Morgan fingerprint density at radius 1 is 1.33 bits per heavy atom. The number of nitrogens with one attached hydrogen (secondary N) is 1. The van der Waals surface area contributed by atoms with E-state index in [1.165, 1.54) is 11.1 Å². The van der Waals surface area contributed by atoms with Crippen molar-refractivity contribution in [3.05, 3.63) is 49.1 Å². The summed E-state index contributed by atoms with van der Waals surface area (Å²) in [5.74, 6) is 0.441. The third-order valence-corrected chi connectivity index (χ3v) is 2.46. The van der Waals surface area contributed by atoms with Gasteiger partial charge in [-0.3, -0.25) is 4.90 Å². The van der Waals surface area contributed by atoms with E-state index in [-0.39, 0.29) is 6.03 Å². The lowest BCUT2D eigenvalue weighted by molar-refractivity contribution is 0.250. The third-order valence-electron chi connectivity index (χ3n) is 2.46. The summed E-state index contributed by atoms with van der Waals surface area (Å²) in [6, 6.07) is 3.26. The largest absolute Gasteiger partial charge is 0.331 e. The first kappa shape index (κ1) is 10.4. The van der Waals surface area contributed by atoms with Gasteiger partial charge in [-0.15, -0.1) is 0 Å². The van der Waals surface area contributed by atoms with Gasteiger partial charge < -0.3 is 5.32 Å². The van der Waals surface area contributed by atoms with Gasteiger partial charge in [0.05, 0.1) is 6.20 Å². The molecule has 0 fully saturated rings. The molecular weight excluding hydrogens is 230 g/mol. The van der Waals surface area contributed by atoms with Crippen molar-refractivity contribution in [1.82, 2.24) is 20.3 Å². The number of carbonyl (C=O) groups excluding carboxylic acids is 1. The SMILES string of the molecule is C=C1C=CN(c2cnc3ncccc3n2)C(=O)N1. The number of urea groups is 1. The van der Waals surface area contributed by atoms with Crippen molar-refractivity contribution < 1.29 is 4.79 Å². The molecule has 0 aromatic carbocycles. The highest BCUT2D eigenvalue weighted by molar-refractivity contribution is 5.96. The number of fused-ring (bicyclic) bond motifs is 1. The minimum absolute atomic E-state index is 0.306. The molecule has 1 N–H and O–H groups in total. The highest BCUT2D eigenvalue weighted by Gasteiger charge is 2.18. The normalized spacial score (nSPS) is 15.0. The number of allylic oxidation sites excluding steroid dienone is 1. The molecule has 1 aliphatic rings. The lowest BCUT2D eigenvalue weighted by Gasteiger charge is -2.21. The van der Waals surface area contributed by atoms with Crippen molar-refractivity contribution in [3.63, 3.8) is 0 Å². The zero-order valence-electron chi connectivity index (χ0n) is 9.37. The molecule has 0 saturated heterocycles. The van der Waals surface area contributed by atoms with Crippen LogP contribution >= 0.6 is 0 Å². The lowest BCUT2D eigenvalue weighted by atomic mass is 10.3. The van der Waals surface area contributed by atoms with Crippen molar-refractivity contribution >= 4 is 23.0 Å². The summed E-state index contributed by atoms with van der Waals surface area (Å²) < 4.78 is 0. The summed E-state index contributed by atoms with van der Waals surface area (Å²) in [5, 5.41) is 2.60. The van der Waals surface area contributed by atoms with Crippen LogP contribution < -0.4 is 10.2 Å². The van der Waals surface area contributed by atoms with Crippen LogP contribution in [0.3, 0.4) is 0 Å². The fourth-order valence-electron chi connectivity index (χ4n) is 1.61. The fourth-order valence-corrected chi connectivity index (χ4v) is 1.61. The fraction of sp³-hybridized carbons (Fsp3) is 0. The Morgan fingerprint density at radius 2 is 2.22 bits per heavy atom. The van der Waals surface area contributed by atoms with E-state index in [1.807, 2.05) is 0 Å². The lowest BCUT2D eigenvalue weighted by Crippen LogP contribution is -2.39. The molecule has 0 spiro atoms. The standard InChI is InChI=1S/C12H9N5O/c1-8-4-6-17(12(18)15-8)10-7-14-11-9(16-10)3-2-5-13-11/h2-7H,1H2,(H,15,18). The van der Waals surface area contributed by atoms with E-state index >= 15 is 0 Å². The number of pyridine rings is 1. The molecule has 1 aliphatic heterocycles. The minimum atomic E-state index is -0.306. The predicted octanol–water partition coefficient (Wildman–Crippen LogP) is 1.58. The number of amides is 2. The Hall–Kier alpha value is -2.76. The van der Waals surface area contributed by atoms with Gasteiger partial charge in [0.25, 0.3) is 0 Å². The van der Waals surface area contributed by atoms with Crippen LogP contribution in [0.15, 0.2) is 49.1 Å². The Kier molecular flexibility index (Phi) is 2.26. The molecule has 6 heteroatoms. The molecule has 0 saturated carbocycles. The van der Waals surface area contributed by atoms with Gasteiger partial charge in [0.2, 0.25) is 0 Å². The maximum Gasteiger partial charge on any atom is 0.331 e. The molecule has 0 bridgehead atoms. The van der Waals surface area contributed by atoms with Crippen LogP contribution in [0.25, 0.3) is 11.2 Å². The van der Waals surface area contributed by atoms with E-state index in [9.17, 15) is 4.79 Å². The molecule has 3 heterocycles. The van der Waals surface area contributed by atoms with Gasteiger partial charge in [0.1, 0.15) is 5.52 Å². The van der Waals surface area contributed by atoms with E-state index in [2.05, 4.69) is 26.8 Å². The Morgan fingerprint density at radius 3 is 3.06 bits per heavy atom. The predicted molar refractivity (Wildman–Crippen MR) is 66.6 cm³/mol. The van der Waals surface area contributed by atoms with Gasteiger partial charge in [-0.1, -0.05) is 6.58 Å². The van der Waals surface area contributed by atoms with Crippen LogP contribution in [0.2, 0.25) is 0 Å². The zero-order chi connectivity index (χ0) is 12.5. The highest BCUT2D eigenvalue weighted by atomic mass is 16.2. The number of carbonyl (C=O) groups is 1. The van der Waals surface area contributed by atoms with Crippen molar-refractivity contribution in [2.24, 2.45) is 0 Å². The van der Waals surface area contributed by atoms with Crippen molar-refractivity contribution in [2.75, 3.05) is 4.90 Å². The molecule has 2 amide bonds. The minimum Gasteiger partial charge on any atom is -0.308 e. The van der Waals surface area contributed by atoms with E-state index in [0.29, 0.717) is 22.7 Å². The maximum atomic E-state index is 11.8. The smallest absolute Gasteiger partial charge is 0.308 e. The van der Waals surface area contributed by atoms with Crippen LogP contribution in [-0.4, -0.2) is 21.0 Å². The topological polar surface area (TPSA) is 71.0 Å². The first-order chi connectivity index (χ1) is 8.74.